The van der Waals surface area contributed by atoms with E-state index in [4.69, 9.17) is 9.47 Å². The highest BCUT2D eigenvalue weighted by molar-refractivity contribution is 5.94. The first-order valence-electron chi connectivity index (χ1n) is 10.3. The maximum absolute atomic E-state index is 12.4. The van der Waals surface area contributed by atoms with Crippen LogP contribution in [0.2, 0.25) is 0 Å². The molecule has 0 saturated carbocycles. The molecule has 1 aromatic carbocycles. The van der Waals surface area contributed by atoms with Crippen molar-refractivity contribution in [3.8, 4) is 0 Å². The Balaban J connectivity index is 2.56. The molecule has 0 aliphatic carbocycles. The number of nitrogens with one attached hydrogen (secondary N) is 3. The maximum Gasteiger partial charge on any atom is 0.407 e. The quantitative estimate of drug-likeness (QED) is 0.565. The van der Waals surface area contributed by atoms with Crippen molar-refractivity contribution in [2.75, 3.05) is 13.2 Å². The molecule has 0 radical (unpaired) electrons. The van der Waals surface area contributed by atoms with Crippen molar-refractivity contribution >= 4 is 18.1 Å². The molecule has 1 unspecified atom stereocenters. The average molecular weight is 422 g/mol. The first kappa shape index (κ1) is 25.3. The van der Waals surface area contributed by atoms with Crippen molar-refractivity contribution in [3.05, 3.63) is 35.4 Å². The molecule has 0 aliphatic heterocycles. The van der Waals surface area contributed by atoms with Gasteiger partial charge in [-0.2, -0.15) is 0 Å². The zero-order valence-electron chi connectivity index (χ0n) is 18.8. The molecule has 0 aliphatic rings. The van der Waals surface area contributed by atoms with Crippen LogP contribution in [0.15, 0.2) is 24.3 Å². The standard InChI is InChI=1S/C22H35N3O5/c1-7-29-21(28)25-18(12-15(2)3)14-23-19(26)17-10-8-16(9-11-17)13-24-20(27)30-22(4,5)6/h8-11,15,18H,7,12-14H2,1-6H3,(H,23,26)(H,24,27)(H,25,28). The van der Waals surface area contributed by atoms with Crippen molar-refractivity contribution in [2.24, 2.45) is 5.92 Å². The molecule has 1 aromatic rings. The molecular weight excluding hydrogens is 386 g/mol. The summed E-state index contributed by atoms with van der Waals surface area (Å²) in [5.74, 6) is 0.117. The monoisotopic (exact) mass is 421 g/mol. The van der Waals surface area contributed by atoms with Crippen LogP contribution in [-0.2, 0) is 16.0 Å². The zero-order chi connectivity index (χ0) is 22.7. The van der Waals surface area contributed by atoms with Gasteiger partial charge in [-0.05, 0) is 57.7 Å². The van der Waals surface area contributed by atoms with Crippen LogP contribution in [0.4, 0.5) is 9.59 Å². The fourth-order valence-electron chi connectivity index (χ4n) is 2.68. The van der Waals surface area contributed by atoms with E-state index in [1.54, 1.807) is 52.0 Å². The molecule has 0 saturated heterocycles. The van der Waals surface area contributed by atoms with E-state index in [1.807, 2.05) is 13.8 Å². The van der Waals surface area contributed by atoms with Crippen LogP contribution in [0.3, 0.4) is 0 Å². The van der Waals surface area contributed by atoms with E-state index < -0.39 is 17.8 Å². The van der Waals surface area contributed by atoms with E-state index in [0.29, 0.717) is 37.6 Å². The minimum absolute atomic E-state index is 0.217. The van der Waals surface area contributed by atoms with Gasteiger partial charge >= 0.3 is 12.2 Å². The van der Waals surface area contributed by atoms with Gasteiger partial charge in [-0.15, -0.1) is 0 Å². The van der Waals surface area contributed by atoms with E-state index >= 15 is 0 Å². The minimum Gasteiger partial charge on any atom is -0.450 e. The van der Waals surface area contributed by atoms with Crippen molar-refractivity contribution < 1.29 is 23.9 Å². The molecule has 0 aromatic heterocycles. The third kappa shape index (κ3) is 10.7. The summed E-state index contributed by atoms with van der Waals surface area (Å²) in [4.78, 5) is 35.8. The SMILES string of the molecule is CCOC(=O)NC(CNC(=O)c1ccc(CNC(=O)OC(C)(C)C)cc1)CC(C)C. The van der Waals surface area contributed by atoms with Crippen LogP contribution in [-0.4, -0.2) is 42.9 Å². The Morgan fingerprint density at radius 2 is 1.63 bits per heavy atom. The second kappa shape index (κ2) is 12.0. The number of benzene rings is 1. The van der Waals surface area contributed by atoms with Gasteiger partial charge in [-0.1, -0.05) is 26.0 Å². The molecule has 1 rings (SSSR count). The molecule has 1 atom stereocenters. The summed E-state index contributed by atoms with van der Waals surface area (Å²) in [6.45, 7) is 12.1. The third-order valence-corrected chi connectivity index (χ3v) is 3.91. The van der Waals surface area contributed by atoms with Crippen molar-refractivity contribution in [1.29, 1.82) is 0 Å². The van der Waals surface area contributed by atoms with Gasteiger partial charge < -0.3 is 25.4 Å². The van der Waals surface area contributed by atoms with E-state index in [2.05, 4.69) is 16.0 Å². The highest BCUT2D eigenvalue weighted by Crippen LogP contribution is 2.09. The summed E-state index contributed by atoms with van der Waals surface area (Å²) in [5.41, 5.74) is 0.788. The highest BCUT2D eigenvalue weighted by atomic mass is 16.6. The van der Waals surface area contributed by atoms with Crippen LogP contribution in [0.5, 0.6) is 0 Å². The Morgan fingerprint density at radius 3 is 2.17 bits per heavy atom. The highest BCUT2D eigenvalue weighted by Gasteiger charge is 2.17. The van der Waals surface area contributed by atoms with Crippen LogP contribution >= 0.6 is 0 Å². The third-order valence-electron chi connectivity index (χ3n) is 3.91. The number of alkyl carbamates (subject to hydrolysis) is 2. The van der Waals surface area contributed by atoms with Crippen LogP contribution in [0, 0.1) is 5.92 Å². The predicted molar refractivity (Wildman–Crippen MR) is 115 cm³/mol. The van der Waals surface area contributed by atoms with Gasteiger partial charge in [0.05, 0.1) is 6.61 Å². The van der Waals surface area contributed by atoms with Crippen molar-refractivity contribution in [3.63, 3.8) is 0 Å². The molecule has 168 valence electrons. The summed E-state index contributed by atoms with van der Waals surface area (Å²) >= 11 is 0. The fraction of sp³-hybridized carbons (Fsp3) is 0.591. The van der Waals surface area contributed by atoms with Gasteiger partial charge in [0.2, 0.25) is 0 Å². The Morgan fingerprint density at radius 1 is 1.00 bits per heavy atom. The molecule has 8 heteroatoms. The summed E-state index contributed by atoms with van der Waals surface area (Å²) in [7, 11) is 0. The second-order valence-electron chi connectivity index (χ2n) is 8.45. The topological polar surface area (TPSA) is 106 Å². The van der Waals surface area contributed by atoms with Gasteiger partial charge in [0.25, 0.3) is 5.91 Å². The summed E-state index contributed by atoms with van der Waals surface area (Å²) in [6, 6.07) is 6.71. The first-order valence-corrected chi connectivity index (χ1v) is 10.3. The molecular formula is C22H35N3O5. The van der Waals surface area contributed by atoms with Gasteiger partial charge in [-0.3, -0.25) is 4.79 Å². The van der Waals surface area contributed by atoms with Gasteiger partial charge in [0, 0.05) is 24.7 Å². The van der Waals surface area contributed by atoms with Crippen LogP contribution in [0.25, 0.3) is 0 Å². The normalized spacial score (nSPS) is 12.1. The second-order valence-corrected chi connectivity index (χ2v) is 8.45. The van der Waals surface area contributed by atoms with E-state index in [9.17, 15) is 14.4 Å². The maximum atomic E-state index is 12.4. The molecule has 8 nitrogen and oxygen atoms in total. The molecule has 0 bridgehead atoms. The van der Waals surface area contributed by atoms with Gasteiger partial charge in [0.1, 0.15) is 5.60 Å². The Labute approximate surface area is 179 Å². The average Bonchev–Trinajstić information content (AvgIpc) is 2.63. The Kier molecular flexibility index (Phi) is 10.1. The fourth-order valence-corrected chi connectivity index (χ4v) is 2.68. The molecule has 0 heterocycles. The summed E-state index contributed by atoms with van der Waals surface area (Å²) < 4.78 is 10.1. The lowest BCUT2D eigenvalue weighted by molar-refractivity contribution is 0.0523. The zero-order valence-corrected chi connectivity index (χ0v) is 18.8. The number of ether oxygens (including phenoxy) is 2. The molecule has 30 heavy (non-hydrogen) atoms. The van der Waals surface area contributed by atoms with Crippen molar-refractivity contribution in [1.82, 2.24) is 16.0 Å². The number of hydrogen-bond acceptors (Lipinski definition) is 5. The lowest BCUT2D eigenvalue weighted by atomic mass is 10.0. The lowest BCUT2D eigenvalue weighted by Crippen LogP contribution is -2.44. The summed E-state index contributed by atoms with van der Waals surface area (Å²) in [5, 5.41) is 8.31. The van der Waals surface area contributed by atoms with E-state index in [-0.39, 0.29) is 11.9 Å². The number of amides is 3. The molecule has 0 fully saturated rings. The van der Waals surface area contributed by atoms with Crippen molar-refractivity contribution in [2.45, 2.75) is 66.2 Å². The van der Waals surface area contributed by atoms with Gasteiger partial charge in [-0.25, -0.2) is 9.59 Å². The first-order chi connectivity index (χ1) is 14.0. The summed E-state index contributed by atoms with van der Waals surface area (Å²) in [6.07, 6.45) is -0.261. The van der Waals surface area contributed by atoms with E-state index in [0.717, 1.165) is 5.56 Å². The Bertz CT molecular complexity index is 696. The molecule has 0 spiro atoms. The smallest absolute Gasteiger partial charge is 0.407 e. The van der Waals surface area contributed by atoms with Crippen LogP contribution < -0.4 is 16.0 Å². The van der Waals surface area contributed by atoms with Gasteiger partial charge in [0.15, 0.2) is 0 Å². The minimum atomic E-state index is -0.554. The van der Waals surface area contributed by atoms with E-state index in [1.165, 1.54) is 0 Å². The predicted octanol–water partition coefficient (Wildman–Crippen LogP) is 3.60. The number of hydrogen-bond donors (Lipinski definition) is 3. The molecule has 3 N–H and O–H groups in total. The number of rotatable bonds is 9. The lowest BCUT2D eigenvalue weighted by Gasteiger charge is -2.21. The number of carbonyl (C=O) groups is 3. The van der Waals surface area contributed by atoms with Crippen LogP contribution in [0.1, 0.15) is 63.9 Å². The molecule has 3 amide bonds. The largest absolute Gasteiger partial charge is 0.450 e. The number of carbonyl (C=O) groups excluding carboxylic acids is 3. The Hall–Kier alpha value is -2.77.